The highest BCUT2D eigenvalue weighted by Gasteiger charge is 2.14. The van der Waals surface area contributed by atoms with E-state index in [0.29, 0.717) is 5.56 Å². The normalized spacial score (nSPS) is 10.6. The average Bonchev–Trinajstić information content (AvgIpc) is 2.52. The largest absolute Gasteiger partial charge is 0.546 e. The van der Waals surface area contributed by atoms with Gasteiger partial charge in [0, 0.05) is 6.04 Å². The molecule has 0 aliphatic carbocycles. The van der Waals surface area contributed by atoms with Gasteiger partial charge in [0.25, 0.3) is 0 Å². The number of carboxylic acids is 1. The number of halogens is 1. The molecule has 2 amide bonds. The van der Waals surface area contributed by atoms with Crippen molar-refractivity contribution in [3.05, 3.63) is 22.7 Å². The van der Waals surface area contributed by atoms with Gasteiger partial charge in [-0.25, -0.2) is 5.43 Å². The lowest BCUT2D eigenvalue weighted by atomic mass is 10.2. The molecule has 0 fully saturated rings. The van der Waals surface area contributed by atoms with Crippen molar-refractivity contribution in [3.8, 4) is 11.5 Å². The van der Waals surface area contributed by atoms with E-state index < -0.39 is 24.4 Å². The fourth-order valence-corrected chi connectivity index (χ4v) is 1.90. The number of hydrogen-bond donors (Lipinski definition) is 2. The second-order valence-corrected chi connectivity index (χ2v) is 5.43. The quantitative estimate of drug-likeness (QED) is 0.376. The lowest BCUT2D eigenvalue weighted by Gasteiger charge is -2.13. The Hall–Kier alpha value is -2.81. The minimum Gasteiger partial charge on any atom is -0.546 e. The zero-order chi connectivity index (χ0) is 19.0. The Kier molecular flexibility index (Phi) is 7.67. The minimum atomic E-state index is -1.41. The van der Waals surface area contributed by atoms with E-state index in [1.807, 2.05) is 0 Å². The topological polar surface area (TPSA) is 129 Å². The summed E-state index contributed by atoms with van der Waals surface area (Å²) in [5.74, 6) is -2.94. The third kappa shape index (κ3) is 6.68. The van der Waals surface area contributed by atoms with Crippen molar-refractivity contribution < 1.29 is 29.0 Å². The zero-order valence-electron chi connectivity index (χ0n) is 13.8. The van der Waals surface area contributed by atoms with Gasteiger partial charge >= 0.3 is 11.8 Å². The van der Waals surface area contributed by atoms with Gasteiger partial charge in [0.1, 0.15) is 6.61 Å². The minimum absolute atomic E-state index is 0.0332. The Morgan fingerprint density at radius 3 is 2.56 bits per heavy atom. The smallest absolute Gasteiger partial charge is 0.329 e. The molecule has 25 heavy (non-hydrogen) atoms. The van der Waals surface area contributed by atoms with E-state index in [9.17, 15) is 19.5 Å². The summed E-state index contributed by atoms with van der Waals surface area (Å²) in [5, 5.41) is 16.6. The molecule has 0 saturated carbocycles. The van der Waals surface area contributed by atoms with Crippen molar-refractivity contribution in [3.63, 3.8) is 0 Å². The Morgan fingerprint density at radius 2 is 2.00 bits per heavy atom. The molecule has 10 heteroatoms. The van der Waals surface area contributed by atoms with E-state index in [0.717, 1.165) is 0 Å². The van der Waals surface area contributed by atoms with Crippen molar-refractivity contribution in [1.82, 2.24) is 10.7 Å². The van der Waals surface area contributed by atoms with Gasteiger partial charge in [0.2, 0.25) is 0 Å². The van der Waals surface area contributed by atoms with Crippen LogP contribution in [0, 0.1) is 0 Å². The number of nitrogens with one attached hydrogen (secondary N) is 2. The molecule has 0 spiro atoms. The molecule has 0 atom stereocenters. The molecule has 0 aliphatic heterocycles. The van der Waals surface area contributed by atoms with Gasteiger partial charge < -0.3 is 24.7 Å². The number of rotatable bonds is 7. The molecular formula is C15H17ClN3O6-. The van der Waals surface area contributed by atoms with Crippen LogP contribution in [-0.4, -0.2) is 43.8 Å². The standard InChI is InChI=1S/C15H18ClN3O6/c1-8(2)18-14(22)15(23)19-17-6-9-4-10(16)13(11(5-9)24-3)25-7-12(20)21/h4-6,8H,7H2,1-3H3,(H,18,22)(H,19,23)(H,20,21)/p-1/b17-6-. The van der Waals surface area contributed by atoms with Gasteiger partial charge in [-0.2, -0.15) is 5.10 Å². The summed E-state index contributed by atoms with van der Waals surface area (Å²) in [5.41, 5.74) is 2.49. The molecule has 0 radical (unpaired) electrons. The number of amides is 2. The number of ether oxygens (including phenoxy) is 2. The highest BCUT2D eigenvalue weighted by Crippen LogP contribution is 2.35. The Balaban J connectivity index is 2.82. The summed E-state index contributed by atoms with van der Waals surface area (Å²) in [6.45, 7) is 2.74. The van der Waals surface area contributed by atoms with Gasteiger partial charge in [-0.15, -0.1) is 0 Å². The van der Waals surface area contributed by atoms with Crippen molar-refractivity contribution in [2.45, 2.75) is 19.9 Å². The van der Waals surface area contributed by atoms with Crippen LogP contribution in [0.25, 0.3) is 0 Å². The van der Waals surface area contributed by atoms with Crippen LogP contribution in [0.5, 0.6) is 11.5 Å². The number of benzene rings is 1. The Labute approximate surface area is 148 Å². The summed E-state index contributed by atoms with van der Waals surface area (Å²) in [7, 11) is 1.34. The molecule has 1 rings (SSSR count). The second-order valence-electron chi connectivity index (χ2n) is 5.02. The summed E-state index contributed by atoms with van der Waals surface area (Å²) < 4.78 is 10.1. The molecule has 0 heterocycles. The van der Waals surface area contributed by atoms with Crippen molar-refractivity contribution in [2.75, 3.05) is 13.7 Å². The summed E-state index contributed by atoms with van der Waals surface area (Å²) >= 11 is 6.01. The fourth-order valence-electron chi connectivity index (χ4n) is 1.63. The number of carbonyl (C=O) groups excluding carboxylic acids is 3. The number of carbonyl (C=O) groups is 3. The fraction of sp³-hybridized carbons (Fsp3) is 0.333. The molecule has 1 aromatic carbocycles. The van der Waals surface area contributed by atoms with E-state index in [4.69, 9.17) is 21.1 Å². The van der Waals surface area contributed by atoms with Crippen LogP contribution in [0.1, 0.15) is 19.4 Å². The number of methoxy groups -OCH3 is 1. The molecule has 0 bridgehead atoms. The molecule has 1 aromatic rings. The maximum atomic E-state index is 11.5. The first-order valence-corrected chi connectivity index (χ1v) is 7.46. The lowest BCUT2D eigenvalue weighted by Crippen LogP contribution is -2.41. The molecule has 0 aliphatic rings. The summed E-state index contributed by atoms with van der Waals surface area (Å²) in [4.78, 5) is 33.4. The third-order valence-electron chi connectivity index (χ3n) is 2.59. The summed E-state index contributed by atoms with van der Waals surface area (Å²) in [6.07, 6.45) is 1.23. The molecule has 136 valence electrons. The van der Waals surface area contributed by atoms with Gasteiger partial charge in [-0.1, -0.05) is 11.6 Å². The number of nitrogens with zero attached hydrogens (tertiary/aromatic N) is 1. The van der Waals surface area contributed by atoms with Gasteiger partial charge in [-0.3, -0.25) is 9.59 Å². The molecule has 0 saturated heterocycles. The van der Waals surface area contributed by atoms with Crippen LogP contribution in [0.4, 0.5) is 0 Å². The lowest BCUT2D eigenvalue weighted by molar-refractivity contribution is -0.307. The van der Waals surface area contributed by atoms with Crippen LogP contribution in [0.15, 0.2) is 17.2 Å². The van der Waals surface area contributed by atoms with E-state index in [2.05, 4.69) is 15.8 Å². The summed E-state index contributed by atoms with van der Waals surface area (Å²) in [6, 6.07) is 2.69. The Morgan fingerprint density at radius 1 is 1.32 bits per heavy atom. The van der Waals surface area contributed by atoms with E-state index in [1.165, 1.54) is 25.5 Å². The first-order chi connectivity index (χ1) is 11.7. The molecule has 2 N–H and O–H groups in total. The number of aliphatic carboxylic acids is 1. The number of hydrogen-bond acceptors (Lipinski definition) is 7. The SMILES string of the molecule is COc1cc(/C=N\NC(=O)C(=O)NC(C)C)cc(Cl)c1OCC(=O)[O-]. The van der Waals surface area contributed by atoms with Crippen LogP contribution in [0.3, 0.4) is 0 Å². The molecular weight excluding hydrogens is 354 g/mol. The monoisotopic (exact) mass is 370 g/mol. The number of hydrazone groups is 1. The molecule has 0 aromatic heterocycles. The van der Waals surface area contributed by atoms with Gasteiger partial charge in [-0.05, 0) is 31.5 Å². The Bertz CT molecular complexity index is 690. The van der Waals surface area contributed by atoms with Gasteiger partial charge in [0.05, 0.1) is 24.3 Å². The first kappa shape index (κ1) is 20.2. The van der Waals surface area contributed by atoms with E-state index in [-0.39, 0.29) is 22.6 Å². The first-order valence-electron chi connectivity index (χ1n) is 7.08. The zero-order valence-corrected chi connectivity index (χ0v) is 14.5. The third-order valence-corrected chi connectivity index (χ3v) is 2.87. The predicted molar refractivity (Wildman–Crippen MR) is 87.5 cm³/mol. The highest BCUT2D eigenvalue weighted by molar-refractivity contribution is 6.35. The van der Waals surface area contributed by atoms with Crippen LogP contribution >= 0.6 is 11.6 Å². The molecule has 0 unspecified atom stereocenters. The van der Waals surface area contributed by atoms with Crippen molar-refractivity contribution in [1.29, 1.82) is 0 Å². The average molecular weight is 371 g/mol. The van der Waals surface area contributed by atoms with E-state index in [1.54, 1.807) is 13.8 Å². The van der Waals surface area contributed by atoms with Crippen LogP contribution in [0.2, 0.25) is 5.02 Å². The predicted octanol–water partition coefficient (Wildman–Crippen LogP) is -0.548. The maximum absolute atomic E-state index is 11.5. The van der Waals surface area contributed by atoms with E-state index >= 15 is 0 Å². The maximum Gasteiger partial charge on any atom is 0.329 e. The van der Waals surface area contributed by atoms with Crippen molar-refractivity contribution >= 4 is 35.6 Å². The second kappa shape index (κ2) is 9.48. The molecule has 9 nitrogen and oxygen atoms in total. The van der Waals surface area contributed by atoms with Crippen LogP contribution in [-0.2, 0) is 14.4 Å². The van der Waals surface area contributed by atoms with Crippen molar-refractivity contribution in [2.24, 2.45) is 5.10 Å². The van der Waals surface area contributed by atoms with Gasteiger partial charge in [0.15, 0.2) is 11.5 Å². The van der Waals surface area contributed by atoms with Crippen LogP contribution < -0.4 is 25.3 Å². The highest BCUT2D eigenvalue weighted by atomic mass is 35.5. The number of carboxylic acid groups (broad SMARTS) is 1.